The van der Waals surface area contributed by atoms with E-state index in [0.29, 0.717) is 10.9 Å². The minimum atomic E-state index is -3.59. The lowest BCUT2D eigenvalue weighted by Gasteiger charge is -2.16. The Bertz CT molecular complexity index is 1170. The van der Waals surface area contributed by atoms with Crippen LogP contribution in [-0.2, 0) is 29.4 Å². The summed E-state index contributed by atoms with van der Waals surface area (Å²) in [4.78, 5) is 4.46. The van der Waals surface area contributed by atoms with E-state index in [-0.39, 0.29) is 6.54 Å². The van der Waals surface area contributed by atoms with Gasteiger partial charge in [0.15, 0.2) is 0 Å². The number of rotatable bonds is 6. The van der Waals surface area contributed by atoms with Crippen LogP contribution in [0.15, 0.2) is 53.7 Å². The van der Waals surface area contributed by atoms with Gasteiger partial charge >= 0.3 is 0 Å². The monoisotopic (exact) mass is 436 g/mol. The van der Waals surface area contributed by atoms with Crippen LogP contribution in [0.1, 0.15) is 61.4 Å². The number of pyridine rings is 1. The summed E-state index contributed by atoms with van der Waals surface area (Å²) in [5.74, 6) is 0. The molecule has 0 spiro atoms. The minimum Gasteiger partial charge on any atom is -0.265 e. The molecular formula is C24H28N4O2S. The zero-order chi connectivity index (χ0) is 21.3. The first-order chi connectivity index (χ1) is 15.1. The Balaban J connectivity index is 1.38. The van der Waals surface area contributed by atoms with Gasteiger partial charge in [-0.3, -0.25) is 9.67 Å². The average Bonchev–Trinajstić information content (AvgIpc) is 3.48. The van der Waals surface area contributed by atoms with Crippen LogP contribution in [0.4, 0.5) is 0 Å². The Hall–Kier alpha value is -2.51. The van der Waals surface area contributed by atoms with Crippen LogP contribution < -0.4 is 4.72 Å². The van der Waals surface area contributed by atoms with Crippen LogP contribution in [0.3, 0.4) is 0 Å². The zero-order valence-electron chi connectivity index (χ0n) is 17.6. The third-order valence-corrected chi connectivity index (χ3v) is 7.91. The molecule has 0 amide bonds. The maximum absolute atomic E-state index is 13.0. The third-order valence-electron chi connectivity index (χ3n) is 6.51. The first kappa shape index (κ1) is 20.4. The summed E-state index contributed by atoms with van der Waals surface area (Å²) < 4.78 is 30.8. The van der Waals surface area contributed by atoms with E-state index in [9.17, 15) is 8.42 Å². The highest BCUT2D eigenvalue weighted by Gasteiger charge is 2.23. The van der Waals surface area contributed by atoms with E-state index in [2.05, 4.69) is 14.4 Å². The fourth-order valence-electron chi connectivity index (χ4n) is 4.83. The molecule has 5 rings (SSSR count). The number of aromatic nitrogens is 3. The second-order valence-corrected chi connectivity index (χ2v) is 10.4. The number of hydrogen-bond donors (Lipinski definition) is 1. The molecule has 6 nitrogen and oxygen atoms in total. The molecule has 0 unspecified atom stereocenters. The van der Waals surface area contributed by atoms with Crippen molar-refractivity contribution in [1.82, 2.24) is 19.5 Å². The molecule has 0 atom stereocenters. The van der Waals surface area contributed by atoms with E-state index < -0.39 is 10.0 Å². The highest BCUT2D eigenvalue weighted by molar-refractivity contribution is 7.89. The molecule has 2 aromatic heterocycles. The van der Waals surface area contributed by atoms with Gasteiger partial charge in [0.25, 0.3) is 0 Å². The molecule has 0 radical (unpaired) electrons. The number of nitrogens with zero attached hydrogens (tertiary/aromatic N) is 3. The van der Waals surface area contributed by atoms with Crippen molar-refractivity contribution < 1.29 is 8.42 Å². The van der Waals surface area contributed by atoms with Crippen LogP contribution in [0.25, 0.3) is 11.3 Å². The maximum atomic E-state index is 13.0. The Labute approximate surface area is 183 Å². The molecule has 162 valence electrons. The predicted molar refractivity (Wildman–Crippen MR) is 120 cm³/mol. The summed E-state index contributed by atoms with van der Waals surface area (Å²) in [5.41, 5.74) is 5.26. The van der Waals surface area contributed by atoms with Gasteiger partial charge in [-0.15, -0.1) is 0 Å². The molecule has 2 aliphatic carbocycles. The van der Waals surface area contributed by atoms with Crippen molar-refractivity contribution in [3.63, 3.8) is 0 Å². The van der Waals surface area contributed by atoms with Crippen molar-refractivity contribution in [1.29, 1.82) is 0 Å². The third kappa shape index (κ3) is 4.29. The number of sulfonamides is 1. The molecule has 1 N–H and O–H groups in total. The molecule has 0 saturated heterocycles. The largest absolute Gasteiger partial charge is 0.265 e. The van der Waals surface area contributed by atoms with Crippen molar-refractivity contribution in [2.24, 2.45) is 0 Å². The molecular weight excluding hydrogens is 408 g/mol. The first-order valence-corrected chi connectivity index (χ1v) is 12.7. The van der Waals surface area contributed by atoms with E-state index in [1.807, 2.05) is 30.3 Å². The van der Waals surface area contributed by atoms with E-state index in [1.54, 1.807) is 18.5 Å². The Morgan fingerprint density at radius 2 is 1.68 bits per heavy atom. The molecule has 0 bridgehead atoms. The standard InChI is InChI=1S/C24H28N4O2S/c29-31(30,23-10-9-18-5-1-2-6-20(18)15-23)26-17-21-16-24(19-11-13-25-14-12-19)28(27-21)22-7-3-4-8-22/h9-16,22,26H,1-8,17H2. The summed E-state index contributed by atoms with van der Waals surface area (Å²) in [6.45, 7) is 0.178. The van der Waals surface area contributed by atoms with Crippen LogP contribution in [-0.4, -0.2) is 23.2 Å². The number of benzene rings is 1. The van der Waals surface area contributed by atoms with Gasteiger partial charge in [0, 0.05) is 18.0 Å². The number of aryl methyl sites for hydroxylation is 2. The molecule has 1 fully saturated rings. The molecule has 3 aromatic rings. The molecule has 1 saturated carbocycles. The Morgan fingerprint density at radius 1 is 0.935 bits per heavy atom. The summed E-state index contributed by atoms with van der Waals surface area (Å²) >= 11 is 0. The molecule has 7 heteroatoms. The number of nitrogens with one attached hydrogen (secondary N) is 1. The van der Waals surface area contributed by atoms with Gasteiger partial charge in [-0.25, -0.2) is 13.1 Å². The van der Waals surface area contributed by atoms with E-state index in [4.69, 9.17) is 5.10 Å². The van der Waals surface area contributed by atoms with Crippen molar-refractivity contribution in [2.45, 2.75) is 68.8 Å². The van der Waals surface area contributed by atoms with Gasteiger partial charge in [0.1, 0.15) is 0 Å². The lowest BCUT2D eigenvalue weighted by molar-refractivity contribution is 0.467. The topological polar surface area (TPSA) is 76.9 Å². The molecule has 2 heterocycles. The Morgan fingerprint density at radius 3 is 2.45 bits per heavy atom. The van der Waals surface area contributed by atoms with Gasteiger partial charge in [0.05, 0.1) is 28.9 Å². The number of hydrogen-bond acceptors (Lipinski definition) is 4. The summed E-state index contributed by atoms with van der Waals surface area (Å²) in [6, 6.07) is 11.9. The van der Waals surface area contributed by atoms with Gasteiger partial charge in [0.2, 0.25) is 10.0 Å². The maximum Gasteiger partial charge on any atom is 0.240 e. The first-order valence-electron chi connectivity index (χ1n) is 11.2. The smallest absolute Gasteiger partial charge is 0.240 e. The van der Waals surface area contributed by atoms with Crippen molar-refractivity contribution in [3.05, 3.63) is 65.6 Å². The summed E-state index contributed by atoms with van der Waals surface area (Å²) in [6.07, 6.45) is 12.5. The predicted octanol–water partition coefficient (Wildman–Crippen LogP) is 4.42. The molecule has 2 aliphatic rings. The molecule has 1 aromatic carbocycles. The van der Waals surface area contributed by atoms with Crippen LogP contribution in [0.2, 0.25) is 0 Å². The van der Waals surface area contributed by atoms with Gasteiger partial charge < -0.3 is 0 Å². The van der Waals surface area contributed by atoms with Crippen LogP contribution in [0, 0.1) is 0 Å². The highest BCUT2D eigenvalue weighted by Crippen LogP contribution is 2.33. The number of fused-ring (bicyclic) bond motifs is 1. The van der Waals surface area contributed by atoms with E-state index in [1.165, 1.54) is 30.4 Å². The molecule has 0 aliphatic heterocycles. The van der Waals surface area contributed by atoms with Gasteiger partial charge in [-0.1, -0.05) is 18.9 Å². The van der Waals surface area contributed by atoms with Gasteiger partial charge in [-0.2, -0.15) is 5.10 Å². The normalized spacial score (nSPS) is 17.0. The summed E-state index contributed by atoms with van der Waals surface area (Å²) in [7, 11) is -3.59. The van der Waals surface area contributed by atoms with Crippen molar-refractivity contribution in [3.8, 4) is 11.3 Å². The second-order valence-electron chi connectivity index (χ2n) is 8.60. The van der Waals surface area contributed by atoms with Crippen LogP contribution in [0.5, 0.6) is 0 Å². The SMILES string of the molecule is O=S(=O)(NCc1cc(-c2ccncc2)n(C2CCCC2)n1)c1ccc2c(c1)CCCC2. The lowest BCUT2D eigenvalue weighted by Crippen LogP contribution is -2.24. The minimum absolute atomic E-state index is 0.178. The van der Waals surface area contributed by atoms with E-state index in [0.717, 1.165) is 49.1 Å². The lowest BCUT2D eigenvalue weighted by atomic mass is 9.92. The van der Waals surface area contributed by atoms with Crippen LogP contribution >= 0.6 is 0 Å². The van der Waals surface area contributed by atoms with Crippen molar-refractivity contribution in [2.75, 3.05) is 0 Å². The fourth-order valence-corrected chi connectivity index (χ4v) is 5.88. The highest BCUT2D eigenvalue weighted by atomic mass is 32.2. The van der Waals surface area contributed by atoms with Gasteiger partial charge in [-0.05, 0) is 80.0 Å². The quantitative estimate of drug-likeness (QED) is 0.621. The fraction of sp³-hybridized carbons (Fsp3) is 0.417. The second kappa shape index (κ2) is 8.55. The molecule has 31 heavy (non-hydrogen) atoms. The zero-order valence-corrected chi connectivity index (χ0v) is 18.4. The summed E-state index contributed by atoms with van der Waals surface area (Å²) in [5, 5.41) is 4.80. The Kier molecular flexibility index (Phi) is 5.63. The van der Waals surface area contributed by atoms with Crippen molar-refractivity contribution >= 4 is 10.0 Å². The van der Waals surface area contributed by atoms with E-state index >= 15 is 0 Å². The average molecular weight is 437 g/mol.